The summed E-state index contributed by atoms with van der Waals surface area (Å²) >= 11 is 11.3. The Bertz CT molecular complexity index is 735. The molecule has 0 radical (unpaired) electrons. The van der Waals surface area contributed by atoms with E-state index in [2.05, 4.69) is 5.32 Å². The van der Waals surface area contributed by atoms with Crippen molar-refractivity contribution in [2.45, 2.75) is 6.18 Å². The van der Waals surface area contributed by atoms with Gasteiger partial charge >= 0.3 is 6.18 Å². The summed E-state index contributed by atoms with van der Waals surface area (Å²) in [5, 5.41) is 21.2. The molecule has 0 saturated carbocycles. The normalized spacial score (nSPS) is 11.3. The molecule has 0 aliphatic carbocycles. The summed E-state index contributed by atoms with van der Waals surface area (Å²) < 4.78 is 37.4. The molecule has 0 aliphatic rings. The molecule has 4 nitrogen and oxygen atoms in total. The van der Waals surface area contributed by atoms with Crippen LogP contribution in [0.15, 0.2) is 30.3 Å². The minimum absolute atomic E-state index is 0.0258. The highest BCUT2D eigenvalue weighted by atomic mass is 35.5. The third kappa shape index (κ3) is 3.62. The molecule has 122 valence electrons. The minimum Gasteiger partial charge on any atom is -0.505 e. The number of nitrogens with one attached hydrogen (secondary N) is 1. The van der Waals surface area contributed by atoms with Crippen molar-refractivity contribution < 1.29 is 28.2 Å². The van der Waals surface area contributed by atoms with Crippen molar-refractivity contribution in [2.75, 3.05) is 5.32 Å². The Labute approximate surface area is 138 Å². The summed E-state index contributed by atoms with van der Waals surface area (Å²) in [6.07, 6.45) is -4.50. The molecule has 0 heterocycles. The van der Waals surface area contributed by atoms with Gasteiger partial charge in [-0.3, -0.25) is 4.79 Å². The van der Waals surface area contributed by atoms with Crippen molar-refractivity contribution in [3.05, 3.63) is 51.5 Å². The lowest BCUT2D eigenvalue weighted by atomic mass is 10.1. The molecule has 2 aromatic carbocycles. The molecular formula is C14H8Cl2F3NO3. The fourth-order valence-corrected chi connectivity index (χ4v) is 2.21. The molecule has 2 rings (SSSR count). The van der Waals surface area contributed by atoms with Crippen molar-refractivity contribution in [1.29, 1.82) is 0 Å². The molecule has 0 aliphatic heterocycles. The smallest absolute Gasteiger partial charge is 0.416 e. The van der Waals surface area contributed by atoms with Crippen molar-refractivity contribution in [3.63, 3.8) is 0 Å². The molecule has 2 aromatic rings. The minimum atomic E-state index is -4.50. The number of carbonyl (C=O) groups excluding carboxylic acids is 1. The van der Waals surface area contributed by atoms with E-state index >= 15 is 0 Å². The van der Waals surface area contributed by atoms with Crippen LogP contribution in [-0.2, 0) is 6.18 Å². The van der Waals surface area contributed by atoms with Gasteiger partial charge < -0.3 is 15.5 Å². The topological polar surface area (TPSA) is 69.6 Å². The Morgan fingerprint density at radius 2 is 1.48 bits per heavy atom. The maximum absolute atomic E-state index is 12.5. The van der Waals surface area contributed by atoms with E-state index in [-0.39, 0.29) is 15.7 Å². The predicted octanol–water partition coefficient (Wildman–Crippen LogP) is 4.68. The van der Waals surface area contributed by atoms with Gasteiger partial charge in [-0.05, 0) is 30.3 Å². The zero-order chi connectivity index (χ0) is 17.4. The van der Waals surface area contributed by atoms with E-state index in [1.807, 2.05) is 0 Å². The van der Waals surface area contributed by atoms with E-state index < -0.39 is 34.7 Å². The van der Waals surface area contributed by atoms with Gasteiger partial charge in [0.15, 0.2) is 11.5 Å². The second kappa shape index (κ2) is 6.17. The molecule has 9 heteroatoms. The first kappa shape index (κ1) is 17.2. The van der Waals surface area contributed by atoms with E-state index in [9.17, 15) is 28.2 Å². The van der Waals surface area contributed by atoms with Crippen molar-refractivity contribution >= 4 is 34.8 Å². The average molecular weight is 366 g/mol. The fraction of sp³-hybridized carbons (Fsp3) is 0.0714. The van der Waals surface area contributed by atoms with Crippen LogP contribution in [0, 0.1) is 0 Å². The van der Waals surface area contributed by atoms with E-state index in [0.717, 1.165) is 30.3 Å². The van der Waals surface area contributed by atoms with Gasteiger partial charge in [-0.25, -0.2) is 0 Å². The second-order valence-corrected chi connectivity index (χ2v) is 5.26. The highest BCUT2D eigenvalue weighted by molar-refractivity contribution is 6.37. The SMILES string of the molecule is O=C(Nc1ccc(C(F)(F)F)cc1)c1c(O)c(Cl)cc(Cl)c1O. The molecule has 0 atom stereocenters. The zero-order valence-electron chi connectivity index (χ0n) is 11.1. The Hall–Kier alpha value is -2.12. The van der Waals surface area contributed by atoms with Crippen molar-refractivity contribution in [2.24, 2.45) is 0 Å². The van der Waals surface area contributed by atoms with Crippen LogP contribution >= 0.6 is 23.2 Å². The lowest BCUT2D eigenvalue weighted by Gasteiger charge is -2.12. The third-order valence-corrected chi connectivity index (χ3v) is 3.45. The summed E-state index contributed by atoms with van der Waals surface area (Å²) in [6.45, 7) is 0. The van der Waals surface area contributed by atoms with Crippen LogP contribution in [0.4, 0.5) is 18.9 Å². The third-order valence-electron chi connectivity index (χ3n) is 2.88. The number of phenolic OH excluding ortho intramolecular Hbond substituents is 2. The highest BCUT2D eigenvalue weighted by Crippen LogP contribution is 2.40. The first-order valence-electron chi connectivity index (χ1n) is 5.99. The molecule has 0 spiro atoms. The van der Waals surface area contributed by atoms with Crippen LogP contribution in [0.2, 0.25) is 10.0 Å². The van der Waals surface area contributed by atoms with Crippen LogP contribution in [0.1, 0.15) is 15.9 Å². The zero-order valence-corrected chi connectivity index (χ0v) is 12.6. The summed E-state index contributed by atoms with van der Waals surface area (Å²) in [6, 6.07) is 4.66. The van der Waals surface area contributed by atoms with Gasteiger partial charge in [-0.15, -0.1) is 0 Å². The number of carbonyl (C=O) groups is 1. The van der Waals surface area contributed by atoms with Gasteiger partial charge in [0.25, 0.3) is 5.91 Å². The number of rotatable bonds is 2. The van der Waals surface area contributed by atoms with Gasteiger partial charge in [-0.2, -0.15) is 13.2 Å². The van der Waals surface area contributed by atoms with Crippen LogP contribution in [0.3, 0.4) is 0 Å². The van der Waals surface area contributed by atoms with Crippen molar-refractivity contribution in [3.8, 4) is 11.5 Å². The Kier molecular flexibility index (Phi) is 4.63. The van der Waals surface area contributed by atoms with E-state index in [1.54, 1.807) is 0 Å². The summed E-state index contributed by atoms with van der Waals surface area (Å²) in [4.78, 5) is 12.1. The maximum Gasteiger partial charge on any atom is 0.416 e. The highest BCUT2D eigenvalue weighted by Gasteiger charge is 2.30. The number of anilines is 1. The first-order chi connectivity index (χ1) is 10.6. The average Bonchev–Trinajstić information content (AvgIpc) is 2.45. The van der Waals surface area contributed by atoms with Gasteiger partial charge in [0, 0.05) is 5.69 Å². The molecule has 23 heavy (non-hydrogen) atoms. The summed E-state index contributed by atoms with van der Waals surface area (Å²) in [5.41, 5.74) is -1.44. The lowest BCUT2D eigenvalue weighted by molar-refractivity contribution is -0.137. The molecule has 0 bridgehead atoms. The van der Waals surface area contributed by atoms with Crippen LogP contribution in [0.25, 0.3) is 0 Å². The van der Waals surface area contributed by atoms with Gasteiger partial charge in [0.2, 0.25) is 0 Å². The number of benzene rings is 2. The van der Waals surface area contributed by atoms with E-state index in [1.165, 1.54) is 0 Å². The van der Waals surface area contributed by atoms with E-state index in [0.29, 0.717) is 0 Å². The van der Waals surface area contributed by atoms with Gasteiger partial charge in [0.05, 0.1) is 15.6 Å². The molecule has 0 saturated heterocycles. The van der Waals surface area contributed by atoms with Crippen molar-refractivity contribution in [1.82, 2.24) is 0 Å². The number of aromatic hydroxyl groups is 2. The van der Waals surface area contributed by atoms with Crippen LogP contribution < -0.4 is 5.32 Å². The standard InChI is InChI=1S/C14H8Cl2F3NO3/c15-8-5-9(16)12(22)10(11(8)21)13(23)20-7-3-1-6(2-4-7)14(17,18)19/h1-5,21-22H,(H,20,23). The largest absolute Gasteiger partial charge is 0.505 e. The molecule has 0 unspecified atom stereocenters. The number of halogens is 5. The van der Waals surface area contributed by atoms with E-state index in [4.69, 9.17) is 23.2 Å². The molecule has 0 aromatic heterocycles. The lowest BCUT2D eigenvalue weighted by Crippen LogP contribution is -2.13. The molecule has 1 amide bonds. The summed E-state index contributed by atoms with van der Waals surface area (Å²) in [7, 11) is 0. The Morgan fingerprint density at radius 3 is 1.91 bits per heavy atom. The number of alkyl halides is 3. The second-order valence-electron chi connectivity index (χ2n) is 4.44. The Balaban J connectivity index is 2.30. The fourth-order valence-electron chi connectivity index (χ4n) is 1.75. The number of phenols is 2. The summed E-state index contributed by atoms with van der Waals surface area (Å²) in [5.74, 6) is -2.37. The molecular weight excluding hydrogens is 358 g/mol. The van der Waals surface area contributed by atoms with Crippen LogP contribution in [0.5, 0.6) is 11.5 Å². The molecule has 0 fully saturated rings. The molecule has 3 N–H and O–H groups in total. The number of hydrogen-bond donors (Lipinski definition) is 3. The number of hydrogen-bond acceptors (Lipinski definition) is 3. The van der Waals surface area contributed by atoms with Crippen LogP contribution in [-0.4, -0.2) is 16.1 Å². The van der Waals surface area contributed by atoms with Gasteiger partial charge in [0.1, 0.15) is 5.56 Å². The monoisotopic (exact) mass is 365 g/mol. The quantitative estimate of drug-likeness (QED) is 0.723. The number of amides is 1. The Morgan fingerprint density at radius 1 is 1.00 bits per heavy atom. The van der Waals surface area contributed by atoms with Gasteiger partial charge in [-0.1, -0.05) is 23.2 Å². The first-order valence-corrected chi connectivity index (χ1v) is 6.75. The maximum atomic E-state index is 12.5. The predicted molar refractivity (Wildman–Crippen MR) is 79.2 cm³/mol.